The SMILES string of the molecule is C/C=C/C=C\C(=O)Nc1cc2c(cc1OCC)CC(C)O2. The molecule has 1 N–H and O–H groups in total. The molecule has 1 amide bonds. The molecular weight excluding hydrogens is 266 g/mol. The van der Waals surface area contributed by atoms with Gasteiger partial charge in [0, 0.05) is 24.1 Å². The van der Waals surface area contributed by atoms with E-state index in [0.717, 1.165) is 17.7 Å². The number of anilines is 1. The van der Waals surface area contributed by atoms with Crippen LogP contribution in [0.15, 0.2) is 36.4 Å². The van der Waals surface area contributed by atoms with Gasteiger partial charge in [-0.3, -0.25) is 4.79 Å². The van der Waals surface area contributed by atoms with E-state index < -0.39 is 0 Å². The monoisotopic (exact) mass is 287 g/mol. The van der Waals surface area contributed by atoms with E-state index in [9.17, 15) is 4.79 Å². The van der Waals surface area contributed by atoms with Gasteiger partial charge in [-0.2, -0.15) is 0 Å². The summed E-state index contributed by atoms with van der Waals surface area (Å²) in [6, 6.07) is 3.79. The summed E-state index contributed by atoms with van der Waals surface area (Å²) in [6.45, 7) is 6.39. The summed E-state index contributed by atoms with van der Waals surface area (Å²) in [6.07, 6.45) is 7.87. The molecule has 2 rings (SSSR count). The predicted octanol–water partition coefficient (Wildman–Crippen LogP) is 3.48. The van der Waals surface area contributed by atoms with Crippen LogP contribution < -0.4 is 14.8 Å². The second-order valence-corrected chi connectivity index (χ2v) is 4.90. The van der Waals surface area contributed by atoms with E-state index in [1.165, 1.54) is 6.08 Å². The molecule has 21 heavy (non-hydrogen) atoms. The van der Waals surface area contributed by atoms with Crippen molar-refractivity contribution in [2.75, 3.05) is 11.9 Å². The maximum absolute atomic E-state index is 11.9. The van der Waals surface area contributed by atoms with E-state index in [-0.39, 0.29) is 12.0 Å². The number of carbonyl (C=O) groups is 1. The molecule has 4 nitrogen and oxygen atoms in total. The summed E-state index contributed by atoms with van der Waals surface area (Å²) in [4.78, 5) is 11.9. The predicted molar refractivity (Wildman–Crippen MR) is 84.0 cm³/mol. The minimum Gasteiger partial charge on any atom is -0.492 e. The van der Waals surface area contributed by atoms with E-state index in [1.807, 2.05) is 39.0 Å². The van der Waals surface area contributed by atoms with Crippen LogP contribution in [0.4, 0.5) is 5.69 Å². The molecule has 1 unspecified atom stereocenters. The topological polar surface area (TPSA) is 47.6 Å². The largest absolute Gasteiger partial charge is 0.492 e. The van der Waals surface area contributed by atoms with Crippen molar-refractivity contribution in [1.29, 1.82) is 0 Å². The second kappa shape index (κ2) is 6.97. The Morgan fingerprint density at radius 2 is 2.29 bits per heavy atom. The molecule has 0 saturated carbocycles. The molecule has 0 bridgehead atoms. The summed E-state index contributed by atoms with van der Waals surface area (Å²) in [5.41, 5.74) is 1.76. The molecule has 0 fully saturated rings. The Morgan fingerprint density at radius 3 is 3.00 bits per heavy atom. The Bertz CT molecular complexity index is 576. The van der Waals surface area contributed by atoms with Gasteiger partial charge in [0.1, 0.15) is 17.6 Å². The van der Waals surface area contributed by atoms with Gasteiger partial charge < -0.3 is 14.8 Å². The van der Waals surface area contributed by atoms with Crippen molar-refractivity contribution < 1.29 is 14.3 Å². The molecule has 112 valence electrons. The number of ether oxygens (including phenoxy) is 2. The van der Waals surface area contributed by atoms with Crippen molar-refractivity contribution in [2.45, 2.75) is 33.3 Å². The summed E-state index contributed by atoms with van der Waals surface area (Å²) in [5.74, 6) is 1.31. The van der Waals surface area contributed by atoms with Gasteiger partial charge in [-0.05, 0) is 26.8 Å². The van der Waals surface area contributed by atoms with Gasteiger partial charge in [-0.15, -0.1) is 0 Å². The van der Waals surface area contributed by atoms with E-state index in [2.05, 4.69) is 5.32 Å². The first kappa shape index (κ1) is 15.2. The number of benzene rings is 1. The quantitative estimate of drug-likeness (QED) is 0.666. The Balaban J connectivity index is 2.21. The number of hydrogen-bond acceptors (Lipinski definition) is 3. The highest BCUT2D eigenvalue weighted by Gasteiger charge is 2.22. The normalized spacial score (nSPS) is 17.0. The molecule has 1 aliphatic heterocycles. The number of hydrogen-bond donors (Lipinski definition) is 1. The van der Waals surface area contributed by atoms with Gasteiger partial charge in [0.15, 0.2) is 0 Å². The summed E-state index contributed by atoms with van der Waals surface area (Å²) in [7, 11) is 0. The van der Waals surface area contributed by atoms with Crippen molar-refractivity contribution in [1.82, 2.24) is 0 Å². The van der Waals surface area contributed by atoms with Crippen LogP contribution in [0, 0.1) is 0 Å². The lowest BCUT2D eigenvalue weighted by Gasteiger charge is -2.12. The van der Waals surface area contributed by atoms with Gasteiger partial charge in [0.2, 0.25) is 5.91 Å². The van der Waals surface area contributed by atoms with Gasteiger partial charge in [-0.1, -0.05) is 18.2 Å². The van der Waals surface area contributed by atoms with Gasteiger partial charge in [0.25, 0.3) is 0 Å². The minimum absolute atomic E-state index is 0.162. The van der Waals surface area contributed by atoms with Crippen LogP contribution in [0.5, 0.6) is 11.5 Å². The lowest BCUT2D eigenvalue weighted by atomic mass is 10.1. The fraction of sp³-hybridized carbons (Fsp3) is 0.353. The van der Waals surface area contributed by atoms with Crippen LogP contribution in [-0.2, 0) is 11.2 Å². The van der Waals surface area contributed by atoms with Crippen LogP contribution in [-0.4, -0.2) is 18.6 Å². The lowest BCUT2D eigenvalue weighted by molar-refractivity contribution is -0.111. The smallest absolute Gasteiger partial charge is 0.248 e. The first-order valence-electron chi connectivity index (χ1n) is 7.20. The molecule has 0 saturated heterocycles. The highest BCUT2D eigenvalue weighted by molar-refractivity contribution is 6.00. The molecule has 0 spiro atoms. The van der Waals surface area contributed by atoms with Crippen molar-refractivity contribution >= 4 is 11.6 Å². The first-order valence-corrected chi connectivity index (χ1v) is 7.20. The third-order valence-electron chi connectivity index (χ3n) is 3.11. The zero-order valence-corrected chi connectivity index (χ0v) is 12.7. The third-order valence-corrected chi connectivity index (χ3v) is 3.11. The van der Waals surface area contributed by atoms with Crippen molar-refractivity contribution in [3.63, 3.8) is 0 Å². The summed E-state index contributed by atoms with van der Waals surface area (Å²) < 4.78 is 11.3. The fourth-order valence-electron chi connectivity index (χ4n) is 2.24. The molecule has 1 atom stereocenters. The molecule has 0 aliphatic carbocycles. The number of nitrogens with one attached hydrogen (secondary N) is 1. The van der Waals surface area contributed by atoms with E-state index in [4.69, 9.17) is 9.47 Å². The van der Waals surface area contributed by atoms with Crippen molar-refractivity contribution in [3.05, 3.63) is 42.0 Å². The van der Waals surface area contributed by atoms with E-state index in [1.54, 1.807) is 12.2 Å². The number of rotatable bonds is 5. The molecule has 1 aromatic rings. The Kier molecular flexibility index (Phi) is 5.04. The fourth-order valence-corrected chi connectivity index (χ4v) is 2.24. The number of carbonyl (C=O) groups excluding carboxylic acids is 1. The van der Waals surface area contributed by atoms with Crippen LogP contribution in [0.1, 0.15) is 26.3 Å². The van der Waals surface area contributed by atoms with Crippen LogP contribution in [0.25, 0.3) is 0 Å². The molecule has 0 radical (unpaired) electrons. The standard InChI is InChI=1S/C17H21NO3/c1-4-6-7-8-17(19)18-14-11-15-13(9-12(3)21-15)10-16(14)20-5-2/h4,6-8,10-12H,5,9H2,1-3H3,(H,18,19)/b6-4+,8-7-. The number of allylic oxidation sites excluding steroid dienone is 3. The van der Waals surface area contributed by atoms with Gasteiger partial charge in [-0.25, -0.2) is 0 Å². The Labute approximate surface area is 125 Å². The Morgan fingerprint density at radius 1 is 1.48 bits per heavy atom. The van der Waals surface area contributed by atoms with Crippen LogP contribution in [0.3, 0.4) is 0 Å². The molecular formula is C17H21NO3. The van der Waals surface area contributed by atoms with E-state index >= 15 is 0 Å². The Hall–Kier alpha value is -2.23. The zero-order valence-electron chi connectivity index (χ0n) is 12.7. The highest BCUT2D eigenvalue weighted by atomic mass is 16.5. The van der Waals surface area contributed by atoms with E-state index in [0.29, 0.717) is 18.0 Å². The minimum atomic E-state index is -0.194. The maximum atomic E-state index is 11.9. The second-order valence-electron chi connectivity index (χ2n) is 4.90. The molecule has 0 aromatic heterocycles. The molecule has 1 aromatic carbocycles. The van der Waals surface area contributed by atoms with Crippen molar-refractivity contribution in [3.8, 4) is 11.5 Å². The highest BCUT2D eigenvalue weighted by Crippen LogP contribution is 2.38. The average Bonchev–Trinajstić information content (AvgIpc) is 2.79. The van der Waals surface area contributed by atoms with Crippen molar-refractivity contribution in [2.24, 2.45) is 0 Å². The van der Waals surface area contributed by atoms with Gasteiger partial charge in [0.05, 0.1) is 12.3 Å². The number of amides is 1. The molecule has 1 aliphatic rings. The number of fused-ring (bicyclic) bond motifs is 1. The molecule has 4 heteroatoms. The van der Waals surface area contributed by atoms with Crippen LogP contribution in [0.2, 0.25) is 0 Å². The van der Waals surface area contributed by atoms with Crippen LogP contribution >= 0.6 is 0 Å². The molecule has 1 heterocycles. The zero-order chi connectivity index (χ0) is 15.2. The maximum Gasteiger partial charge on any atom is 0.248 e. The first-order chi connectivity index (χ1) is 10.1. The van der Waals surface area contributed by atoms with Gasteiger partial charge >= 0.3 is 0 Å². The lowest BCUT2D eigenvalue weighted by Crippen LogP contribution is -2.09. The third kappa shape index (κ3) is 3.88. The summed E-state index contributed by atoms with van der Waals surface area (Å²) in [5, 5.41) is 2.83. The average molecular weight is 287 g/mol. The summed E-state index contributed by atoms with van der Waals surface area (Å²) >= 11 is 0.